The van der Waals surface area contributed by atoms with E-state index >= 15 is 0 Å². The highest BCUT2D eigenvalue weighted by molar-refractivity contribution is 5.95. The Labute approximate surface area is 197 Å². The van der Waals surface area contributed by atoms with Crippen molar-refractivity contribution in [1.29, 1.82) is 0 Å². The van der Waals surface area contributed by atoms with Gasteiger partial charge in [0.2, 0.25) is 0 Å². The minimum absolute atomic E-state index is 0.00753. The lowest BCUT2D eigenvalue weighted by Crippen LogP contribution is -2.36. The van der Waals surface area contributed by atoms with Crippen LogP contribution in [0.1, 0.15) is 49.0 Å². The minimum Gasteiger partial charge on any atom is -0.488 e. The molecule has 1 fully saturated rings. The summed E-state index contributed by atoms with van der Waals surface area (Å²) in [5.74, 6) is 1.19. The summed E-state index contributed by atoms with van der Waals surface area (Å²) in [6.45, 7) is 5.92. The lowest BCUT2D eigenvalue weighted by Gasteiger charge is -2.31. The Balaban J connectivity index is 1.44. The molecule has 0 unspecified atom stereocenters. The van der Waals surface area contributed by atoms with Gasteiger partial charge in [0.25, 0.3) is 11.5 Å². The molecule has 0 atom stereocenters. The fourth-order valence-electron chi connectivity index (χ4n) is 4.60. The van der Waals surface area contributed by atoms with Gasteiger partial charge in [-0.15, -0.1) is 0 Å². The number of rotatable bonds is 4. The van der Waals surface area contributed by atoms with Gasteiger partial charge in [-0.2, -0.15) is 0 Å². The van der Waals surface area contributed by atoms with Crippen molar-refractivity contribution >= 4 is 23.1 Å². The third-order valence-corrected chi connectivity index (χ3v) is 6.25. The van der Waals surface area contributed by atoms with Crippen LogP contribution in [-0.4, -0.2) is 62.1 Å². The van der Waals surface area contributed by atoms with E-state index in [2.05, 4.69) is 9.97 Å². The average molecular weight is 464 g/mol. The molecule has 0 aromatic carbocycles. The van der Waals surface area contributed by atoms with Gasteiger partial charge in [0, 0.05) is 55.4 Å². The minimum atomic E-state index is -0.994. The van der Waals surface area contributed by atoms with Gasteiger partial charge in [-0.1, -0.05) is 0 Å². The molecule has 9 nitrogen and oxygen atoms in total. The summed E-state index contributed by atoms with van der Waals surface area (Å²) in [6.07, 6.45) is 8.30. The number of fused-ring (bicyclic) bond motifs is 2. The first kappa shape index (κ1) is 22.3. The fourth-order valence-corrected chi connectivity index (χ4v) is 4.60. The van der Waals surface area contributed by atoms with Gasteiger partial charge >= 0.3 is 0 Å². The third-order valence-electron chi connectivity index (χ3n) is 6.25. The van der Waals surface area contributed by atoms with Gasteiger partial charge in [0.15, 0.2) is 11.6 Å². The van der Waals surface area contributed by atoms with Crippen molar-refractivity contribution in [1.82, 2.24) is 19.3 Å². The first-order chi connectivity index (χ1) is 16.3. The van der Waals surface area contributed by atoms with Gasteiger partial charge in [0.1, 0.15) is 12.3 Å². The number of likely N-dealkylation sites (tertiary alicyclic amines) is 1. The molecule has 1 saturated heterocycles. The number of aliphatic hydroxyl groups is 1. The van der Waals surface area contributed by atoms with Crippen molar-refractivity contribution in [2.45, 2.75) is 45.1 Å². The number of amides is 1. The van der Waals surface area contributed by atoms with Crippen LogP contribution >= 0.6 is 0 Å². The Bertz CT molecular complexity index is 1290. The predicted molar refractivity (Wildman–Crippen MR) is 128 cm³/mol. The zero-order chi connectivity index (χ0) is 23.9. The molecule has 178 valence electrons. The number of piperidine rings is 1. The van der Waals surface area contributed by atoms with Crippen molar-refractivity contribution < 1.29 is 14.6 Å². The van der Waals surface area contributed by atoms with Gasteiger partial charge in [-0.3, -0.25) is 14.0 Å². The number of hydrogen-bond acceptors (Lipinski definition) is 7. The van der Waals surface area contributed by atoms with E-state index in [9.17, 15) is 14.7 Å². The van der Waals surface area contributed by atoms with E-state index in [4.69, 9.17) is 4.74 Å². The molecule has 3 aromatic heterocycles. The second kappa shape index (κ2) is 8.72. The lowest BCUT2D eigenvalue weighted by molar-refractivity contribution is 0.0722. The van der Waals surface area contributed by atoms with E-state index in [0.29, 0.717) is 41.5 Å². The molecule has 0 saturated carbocycles. The lowest BCUT2D eigenvalue weighted by atomic mass is 10.0. The zero-order valence-electron chi connectivity index (χ0n) is 19.5. The number of hydrogen-bond donors (Lipinski definition) is 1. The highest BCUT2D eigenvalue weighted by Gasteiger charge is 2.25. The summed E-state index contributed by atoms with van der Waals surface area (Å²) in [5.41, 5.74) is 1.14. The van der Waals surface area contributed by atoms with Crippen molar-refractivity contribution in [2.75, 3.05) is 31.1 Å². The predicted octanol–water partition coefficient (Wildman–Crippen LogP) is 2.56. The summed E-state index contributed by atoms with van der Waals surface area (Å²) >= 11 is 0. The number of nitrogens with zero attached hydrogens (tertiary/aromatic N) is 5. The van der Waals surface area contributed by atoms with Crippen molar-refractivity contribution in [2.24, 2.45) is 0 Å². The first-order valence-corrected chi connectivity index (χ1v) is 11.7. The molecular formula is C25H29N5O4. The number of pyridine rings is 2. The van der Waals surface area contributed by atoms with E-state index in [1.165, 1.54) is 10.6 Å². The van der Waals surface area contributed by atoms with Crippen molar-refractivity contribution in [3.63, 3.8) is 0 Å². The van der Waals surface area contributed by atoms with Crippen LogP contribution in [0.15, 0.2) is 41.6 Å². The molecule has 34 heavy (non-hydrogen) atoms. The van der Waals surface area contributed by atoms with Gasteiger partial charge in [-0.25, -0.2) is 9.97 Å². The van der Waals surface area contributed by atoms with Crippen molar-refractivity contribution in [3.8, 4) is 5.75 Å². The quantitative estimate of drug-likeness (QED) is 0.635. The molecule has 0 aliphatic carbocycles. The van der Waals surface area contributed by atoms with Crippen LogP contribution in [0.25, 0.3) is 5.65 Å². The van der Waals surface area contributed by atoms with Crippen LogP contribution in [0.3, 0.4) is 0 Å². The maximum atomic E-state index is 12.9. The number of carbonyl (C=O) groups is 1. The monoisotopic (exact) mass is 463 g/mol. The van der Waals surface area contributed by atoms with Crippen LogP contribution in [0.5, 0.6) is 5.75 Å². The van der Waals surface area contributed by atoms with Crippen LogP contribution < -0.4 is 15.2 Å². The molecule has 5 heterocycles. The zero-order valence-corrected chi connectivity index (χ0v) is 19.5. The maximum absolute atomic E-state index is 12.9. The molecule has 0 radical (unpaired) electrons. The number of ether oxygens (including phenoxy) is 1. The Kier molecular flexibility index (Phi) is 5.73. The summed E-state index contributed by atoms with van der Waals surface area (Å²) in [6, 6.07) is 5.45. The molecule has 9 heteroatoms. The second-order valence-corrected chi connectivity index (χ2v) is 9.59. The highest BCUT2D eigenvalue weighted by Crippen LogP contribution is 2.35. The number of anilines is 2. The van der Waals surface area contributed by atoms with E-state index in [0.717, 1.165) is 38.0 Å². The largest absolute Gasteiger partial charge is 0.488 e. The average Bonchev–Trinajstić information content (AvgIpc) is 2.84. The van der Waals surface area contributed by atoms with Crippen LogP contribution in [-0.2, 0) is 6.42 Å². The van der Waals surface area contributed by atoms with E-state index in [1.807, 2.05) is 21.9 Å². The molecule has 0 spiro atoms. The molecule has 2 aliphatic heterocycles. The standard InChI is InChI=1S/C25H29N5O4/c1-25(2,33)14-18-16-26-21-13-19(6-9-30(21)24(18)32)29-10-11-34-20-12-17(15-27-22(20)29)23(31)28-7-4-3-5-8-28/h6,9,12-13,15-16,33H,3-5,7-8,10-11,14H2,1-2H3. The van der Waals surface area contributed by atoms with Gasteiger partial charge in [-0.05, 0) is 45.2 Å². The highest BCUT2D eigenvalue weighted by atomic mass is 16.5. The van der Waals surface area contributed by atoms with Crippen LogP contribution in [0.4, 0.5) is 11.5 Å². The van der Waals surface area contributed by atoms with E-state index in [-0.39, 0.29) is 17.9 Å². The molecule has 2 aliphatic rings. The SMILES string of the molecule is CC(C)(O)Cc1cnc2cc(N3CCOc4cc(C(=O)N5CCCCC5)cnc43)ccn2c1=O. The van der Waals surface area contributed by atoms with Gasteiger partial charge in [0.05, 0.1) is 17.7 Å². The number of aromatic nitrogens is 3. The second-order valence-electron chi connectivity index (χ2n) is 9.59. The molecule has 5 rings (SSSR count). The molecule has 3 aromatic rings. The summed E-state index contributed by atoms with van der Waals surface area (Å²) in [7, 11) is 0. The Morgan fingerprint density at radius 2 is 1.91 bits per heavy atom. The smallest absolute Gasteiger partial charge is 0.261 e. The summed E-state index contributed by atoms with van der Waals surface area (Å²) < 4.78 is 7.34. The molecule has 1 amide bonds. The Morgan fingerprint density at radius 3 is 2.68 bits per heavy atom. The topological polar surface area (TPSA) is 100 Å². The molecular weight excluding hydrogens is 434 g/mol. The summed E-state index contributed by atoms with van der Waals surface area (Å²) in [5, 5.41) is 10.1. The summed E-state index contributed by atoms with van der Waals surface area (Å²) in [4.78, 5) is 38.7. The van der Waals surface area contributed by atoms with Crippen molar-refractivity contribution in [3.05, 3.63) is 58.3 Å². The molecule has 1 N–H and O–H groups in total. The van der Waals surface area contributed by atoms with Gasteiger partial charge < -0.3 is 19.6 Å². The normalized spacial score (nSPS) is 16.3. The van der Waals surface area contributed by atoms with E-state index in [1.54, 1.807) is 32.3 Å². The maximum Gasteiger partial charge on any atom is 0.261 e. The Hall–Kier alpha value is -3.46. The number of carbonyl (C=O) groups excluding carboxylic acids is 1. The fraction of sp³-hybridized carbons (Fsp3) is 0.440. The van der Waals surface area contributed by atoms with Crippen LogP contribution in [0, 0.1) is 0 Å². The first-order valence-electron chi connectivity index (χ1n) is 11.7. The molecule has 0 bridgehead atoms. The van der Waals surface area contributed by atoms with Crippen LogP contribution in [0.2, 0.25) is 0 Å². The van der Waals surface area contributed by atoms with E-state index < -0.39 is 5.60 Å². The Morgan fingerprint density at radius 1 is 1.12 bits per heavy atom. The third kappa shape index (κ3) is 4.35.